The van der Waals surface area contributed by atoms with Gasteiger partial charge in [0.1, 0.15) is 5.82 Å². The van der Waals surface area contributed by atoms with Crippen LogP contribution in [0.1, 0.15) is 24.6 Å². The third-order valence-corrected chi connectivity index (χ3v) is 4.13. The van der Waals surface area contributed by atoms with Crippen LogP contribution in [0.5, 0.6) is 0 Å². The highest BCUT2D eigenvalue weighted by Gasteiger charge is 2.21. The molecule has 3 heterocycles. The van der Waals surface area contributed by atoms with Crippen molar-refractivity contribution in [1.82, 2.24) is 14.6 Å². The minimum absolute atomic E-state index is 0.540. The lowest BCUT2D eigenvalue weighted by Gasteiger charge is -2.19. The van der Waals surface area contributed by atoms with Crippen molar-refractivity contribution in [1.29, 1.82) is 0 Å². The number of rotatable bonds is 1. The van der Waals surface area contributed by atoms with E-state index in [0.717, 1.165) is 11.5 Å². The van der Waals surface area contributed by atoms with Crippen LogP contribution < -0.4 is 5.73 Å². The van der Waals surface area contributed by atoms with Gasteiger partial charge in [-0.15, -0.1) is 10.2 Å². The Bertz CT molecular complexity index is 502. The zero-order valence-corrected chi connectivity index (χ0v) is 9.78. The van der Waals surface area contributed by atoms with Gasteiger partial charge in [-0.3, -0.25) is 4.40 Å². The summed E-state index contributed by atoms with van der Waals surface area (Å²) in [5.74, 6) is 4.06. The van der Waals surface area contributed by atoms with Gasteiger partial charge in [0.25, 0.3) is 0 Å². The minimum atomic E-state index is 0.540. The molecule has 0 radical (unpaired) electrons. The molecular weight excluding hydrogens is 220 g/mol. The van der Waals surface area contributed by atoms with E-state index in [2.05, 4.69) is 10.2 Å². The molecule has 1 aliphatic rings. The first-order chi connectivity index (χ1) is 7.86. The summed E-state index contributed by atoms with van der Waals surface area (Å²) >= 11 is 2.02. The molecule has 84 valence electrons. The lowest BCUT2D eigenvalue weighted by molar-refractivity contribution is 0.592. The molecule has 2 aromatic heterocycles. The average Bonchev–Trinajstić information content (AvgIpc) is 2.75. The number of fused-ring (bicyclic) bond motifs is 1. The van der Waals surface area contributed by atoms with Crippen LogP contribution in [-0.4, -0.2) is 26.1 Å². The predicted octanol–water partition coefficient (Wildman–Crippen LogP) is 1.92. The van der Waals surface area contributed by atoms with Crippen molar-refractivity contribution >= 4 is 23.1 Å². The average molecular weight is 234 g/mol. The van der Waals surface area contributed by atoms with Crippen LogP contribution in [-0.2, 0) is 0 Å². The van der Waals surface area contributed by atoms with Gasteiger partial charge in [-0.05, 0) is 36.5 Å². The molecule has 5 heteroatoms. The number of nitrogens with two attached hydrogens (primary N) is 1. The van der Waals surface area contributed by atoms with Crippen molar-refractivity contribution < 1.29 is 0 Å². The highest BCUT2D eigenvalue weighted by Crippen LogP contribution is 2.31. The Morgan fingerprint density at radius 2 is 2.12 bits per heavy atom. The molecule has 0 aromatic carbocycles. The Balaban J connectivity index is 2.06. The highest BCUT2D eigenvalue weighted by atomic mass is 32.2. The van der Waals surface area contributed by atoms with E-state index < -0.39 is 0 Å². The first-order valence-corrected chi connectivity index (χ1v) is 6.68. The van der Waals surface area contributed by atoms with E-state index in [4.69, 9.17) is 5.73 Å². The number of hydrogen-bond acceptors (Lipinski definition) is 4. The molecule has 3 rings (SSSR count). The van der Waals surface area contributed by atoms with Gasteiger partial charge in [0, 0.05) is 12.1 Å². The normalized spacial score (nSPS) is 18.0. The molecule has 1 saturated heterocycles. The van der Waals surface area contributed by atoms with Crippen molar-refractivity contribution in [2.24, 2.45) is 0 Å². The molecule has 0 saturated carbocycles. The number of nitrogen functional groups attached to an aromatic ring is 1. The lowest BCUT2D eigenvalue weighted by atomic mass is 10.0. The highest BCUT2D eigenvalue weighted by molar-refractivity contribution is 7.99. The van der Waals surface area contributed by atoms with Crippen molar-refractivity contribution in [3.8, 4) is 0 Å². The number of anilines is 1. The predicted molar refractivity (Wildman–Crippen MR) is 66.7 cm³/mol. The Kier molecular flexibility index (Phi) is 2.47. The van der Waals surface area contributed by atoms with Crippen molar-refractivity contribution in [3.05, 3.63) is 24.2 Å². The van der Waals surface area contributed by atoms with E-state index in [0.29, 0.717) is 11.6 Å². The largest absolute Gasteiger partial charge is 0.396 e. The van der Waals surface area contributed by atoms with Crippen LogP contribution in [0.3, 0.4) is 0 Å². The summed E-state index contributed by atoms with van der Waals surface area (Å²) in [4.78, 5) is 0. The van der Waals surface area contributed by atoms with Crippen LogP contribution in [0.15, 0.2) is 18.3 Å². The van der Waals surface area contributed by atoms with E-state index in [1.54, 1.807) is 0 Å². The maximum atomic E-state index is 5.87. The first kappa shape index (κ1) is 9.96. The molecule has 2 N–H and O–H groups in total. The second-order valence-corrected chi connectivity index (χ2v) is 5.33. The summed E-state index contributed by atoms with van der Waals surface area (Å²) in [5.41, 5.74) is 7.36. The molecule has 0 unspecified atom stereocenters. The maximum absolute atomic E-state index is 5.87. The van der Waals surface area contributed by atoms with Crippen LogP contribution in [0.25, 0.3) is 5.65 Å². The fraction of sp³-hybridized carbons (Fsp3) is 0.455. The molecule has 1 aliphatic heterocycles. The molecule has 4 nitrogen and oxygen atoms in total. The van der Waals surface area contributed by atoms with E-state index in [9.17, 15) is 0 Å². The second-order valence-electron chi connectivity index (χ2n) is 4.10. The number of nitrogens with zero attached hydrogens (tertiary/aromatic N) is 3. The van der Waals surface area contributed by atoms with Crippen molar-refractivity contribution in [2.45, 2.75) is 18.8 Å². The Labute approximate surface area is 98.2 Å². The fourth-order valence-corrected chi connectivity index (χ4v) is 3.30. The van der Waals surface area contributed by atoms with Crippen LogP contribution in [0.2, 0.25) is 0 Å². The molecular formula is C11H14N4S. The third kappa shape index (κ3) is 1.55. The summed E-state index contributed by atoms with van der Waals surface area (Å²) in [6, 6.07) is 3.82. The molecule has 0 aliphatic carbocycles. The Morgan fingerprint density at radius 3 is 2.94 bits per heavy atom. The van der Waals surface area contributed by atoms with Gasteiger partial charge in [-0.25, -0.2) is 0 Å². The molecule has 0 amide bonds. The number of pyridine rings is 1. The standard InChI is InChI=1S/C11H14N4S/c12-9-2-1-5-15-10(13-14-11(9)15)8-3-6-16-7-4-8/h1-2,5,8H,3-4,6-7,12H2. The molecule has 16 heavy (non-hydrogen) atoms. The molecule has 2 aromatic rings. The van der Waals surface area contributed by atoms with Crippen molar-refractivity contribution in [2.75, 3.05) is 17.2 Å². The van der Waals surface area contributed by atoms with Crippen molar-refractivity contribution in [3.63, 3.8) is 0 Å². The Hall–Kier alpha value is -1.23. The molecule has 0 bridgehead atoms. The van der Waals surface area contributed by atoms with Gasteiger partial charge in [-0.2, -0.15) is 11.8 Å². The quantitative estimate of drug-likeness (QED) is 0.819. The zero-order chi connectivity index (χ0) is 11.0. The van der Waals surface area contributed by atoms with E-state index in [-0.39, 0.29) is 0 Å². The summed E-state index contributed by atoms with van der Waals surface area (Å²) in [5, 5.41) is 8.48. The SMILES string of the molecule is Nc1cccn2c(C3CCSCC3)nnc12. The second kappa shape index (κ2) is 3.97. The summed E-state index contributed by atoms with van der Waals surface area (Å²) in [6.07, 6.45) is 4.39. The van der Waals surface area contributed by atoms with Gasteiger partial charge in [0.2, 0.25) is 0 Å². The van der Waals surface area contributed by atoms with E-state index in [1.165, 1.54) is 24.3 Å². The van der Waals surface area contributed by atoms with Crippen LogP contribution in [0, 0.1) is 0 Å². The number of hydrogen-bond donors (Lipinski definition) is 1. The molecule has 0 atom stereocenters. The summed E-state index contributed by atoms with van der Waals surface area (Å²) < 4.78 is 2.04. The van der Waals surface area contributed by atoms with Gasteiger partial charge >= 0.3 is 0 Å². The summed E-state index contributed by atoms with van der Waals surface area (Å²) in [7, 11) is 0. The third-order valence-electron chi connectivity index (χ3n) is 3.08. The molecule has 1 fully saturated rings. The Morgan fingerprint density at radius 1 is 1.31 bits per heavy atom. The van der Waals surface area contributed by atoms with Crippen LogP contribution in [0.4, 0.5) is 5.69 Å². The smallest absolute Gasteiger partial charge is 0.183 e. The lowest BCUT2D eigenvalue weighted by Crippen LogP contribution is -2.11. The van der Waals surface area contributed by atoms with E-state index >= 15 is 0 Å². The zero-order valence-electron chi connectivity index (χ0n) is 8.97. The topological polar surface area (TPSA) is 56.2 Å². The van der Waals surface area contributed by atoms with Crippen LogP contribution >= 0.6 is 11.8 Å². The first-order valence-electron chi connectivity index (χ1n) is 5.53. The maximum Gasteiger partial charge on any atom is 0.183 e. The summed E-state index contributed by atoms with van der Waals surface area (Å²) in [6.45, 7) is 0. The fourth-order valence-electron chi connectivity index (χ4n) is 2.19. The van der Waals surface area contributed by atoms with Gasteiger partial charge < -0.3 is 5.73 Å². The molecule has 0 spiro atoms. The number of aromatic nitrogens is 3. The van der Waals surface area contributed by atoms with E-state index in [1.807, 2.05) is 34.5 Å². The minimum Gasteiger partial charge on any atom is -0.396 e. The number of thioether (sulfide) groups is 1. The van der Waals surface area contributed by atoms with Gasteiger partial charge in [0.05, 0.1) is 5.69 Å². The van der Waals surface area contributed by atoms with Gasteiger partial charge in [-0.1, -0.05) is 0 Å². The monoisotopic (exact) mass is 234 g/mol. The van der Waals surface area contributed by atoms with Gasteiger partial charge in [0.15, 0.2) is 5.65 Å².